The third-order valence-electron chi connectivity index (χ3n) is 3.64. The molecule has 0 saturated heterocycles. The lowest BCUT2D eigenvalue weighted by Crippen LogP contribution is -2.40. The van der Waals surface area contributed by atoms with Crippen LogP contribution < -0.4 is 11.1 Å². The summed E-state index contributed by atoms with van der Waals surface area (Å²) in [6, 6.07) is -0.448. The Hall–Kier alpha value is -0.940. The average Bonchev–Trinajstić information content (AvgIpc) is 2.78. The minimum Gasteiger partial charge on any atom is -0.320 e. The van der Waals surface area contributed by atoms with Gasteiger partial charge < -0.3 is 11.1 Å². The van der Waals surface area contributed by atoms with Crippen LogP contribution in [-0.2, 0) is 17.6 Å². The summed E-state index contributed by atoms with van der Waals surface area (Å²) in [7, 11) is 0. The zero-order valence-corrected chi connectivity index (χ0v) is 11.8. The molecule has 0 bridgehead atoms. The van der Waals surface area contributed by atoms with E-state index in [1.165, 1.54) is 23.4 Å². The van der Waals surface area contributed by atoms with Crippen molar-refractivity contribution in [3.05, 3.63) is 10.6 Å². The number of nitrogens with one attached hydrogen (secondary N) is 1. The molecule has 1 aromatic rings. The minimum atomic E-state index is -0.448. The lowest BCUT2D eigenvalue weighted by Gasteiger charge is -2.16. The van der Waals surface area contributed by atoms with Crippen molar-refractivity contribution < 1.29 is 4.79 Å². The predicted octanol–water partition coefficient (Wildman–Crippen LogP) is 2.33. The number of aromatic nitrogens is 1. The Balaban J connectivity index is 2.01. The third-order valence-corrected chi connectivity index (χ3v) is 4.71. The number of hydrogen-bond acceptors (Lipinski definition) is 4. The van der Waals surface area contributed by atoms with Crippen LogP contribution in [0.15, 0.2) is 0 Å². The lowest BCUT2D eigenvalue weighted by molar-refractivity contribution is -0.118. The molecule has 1 aliphatic rings. The molecule has 100 valence electrons. The first kappa shape index (κ1) is 13.5. The number of rotatable bonds is 4. The van der Waals surface area contributed by atoms with Crippen molar-refractivity contribution in [3.63, 3.8) is 0 Å². The summed E-state index contributed by atoms with van der Waals surface area (Å²) in [6.07, 6.45) is 5.48. The van der Waals surface area contributed by atoms with Gasteiger partial charge in [-0.1, -0.05) is 20.3 Å². The van der Waals surface area contributed by atoms with E-state index in [1.807, 2.05) is 13.8 Å². The molecular formula is C13H21N3OS. The van der Waals surface area contributed by atoms with Gasteiger partial charge in [0.15, 0.2) is 5.13 Å². The van der Waals surface area contributed by atoms with E-state index in [0.29, 0.717) is 5.13 Å². The number of carbonyl (C=O) groups excluding carboxylic acids is 1. The van der Waals surface area contributed by atoms with Crippen molar-refractivity contribution in [1.82, 2.24) is 4.98 Å². The fourth-order valence-electron chi connectivity index (χ4n) is 2.11. The van der Waals surface area contributed by atoms with Crippen molar-refractivity contribution in [2.75, 3.05) is 5.32 Å². The molecule has 2 atom stereocenters. The van der Waals surface area contributed by atoms with E-state index in [9.17, 15) is 4.79 Å². The van der Waals surface area contributed by atoms with Gasteiger partial charge >= 0.3 is 0 Å². The smallest absolute Gasteiger partial charge is 0.243 e. The van der Waals surface area contributed by atoms with Gasteiger partial charge in [0.05, 0.1) is 11.7 Å². The second-order valence-corrected chi connectivity index (χ2v) is 6.08. The number of aryl methyl sites for hydroxylation is 2. The molecule has 3 N–H and O–H groups in total. The molecule has 0 aromatic carbocycles. The van der Waals surface area contributed by atoms with Crippen LogP contribution in [-0.4, -0.2) is 16.9 Å². The Labute approximate surface area is 112 Å². The van der Waals surface area contributed by atoms with Crippen molar-refractivity contribution in [2.24, 2.45) is 11.7 Å². The van der Waals surface area contributed by atoms with E-state index in [1.54, 1.807) is 11.3 Å². The zero-order chi connectivity index (χ0) is 13.1. The molecular weight excluding hydrogens is 246 g/mol. The first-order valence-electron chi connectivity index (χ1n) is 6.66. The highest BCUT2D eigenvalue weighted by atomic mass is 32.1. The van der Waals surface area contributed by atoms with Crippen molar-refractivity contribution in [1.29, 1.82) is 0 Å². The largest absolute Gasteiger partial charge is 0.320 e. The highest BCUT2D eigenvalue weighted by Gasteiger charge is 2.22. The topological polar surface area (TPSA) is 68.0 Å². The standard InChI is InChI=1S/C13H21N3OS/c1-3-8(2)11(14)12(17)16-13-15-9-6-4-5-7-10(9)18-13/h8,11H,3-7,14H2,1-2H3,(H,15,16,17)/t8?,11-/m0/s1. The molecule has 5 heteroatoms. The normalized spacial score (nSPS) is 17.9. The molecule has 1 aromatic heterocycles. The summed E-state index contributed by atoms with van der Waals surface area (Å²) in [5.41, 5.74) is 7.07. The van der Waals surface area contributed by atoms with E-state index >= 15 is 0 Å². The van der Waals surface area contributed by atoms with Gasteiger partial charge in [-0.05, 0) is 31.6 Å². The van der Waals surface area contributed by atoms with Gasteiger partial charge in [-0.3, -0.25) is 4.79 Å². The molecule has 0 saturated carbocycles. The monoisotopic (exact) mass is 267 g/mol. The van der Waals surface area contributed by atoms with E-state index < -0.39 is 6.04 Å². The summed E-state index contributed by atoms with van der Waals surface area (Å²) in [5.74, 6) is 0.0787. The summed E-state index contributed by atoms with van der Waals surface area (Å²) in [6.45, 7) is 4.04. The van der Waals surface area contributed by atoms with Gasteiger partial charge in [-0.25, -0.2) is 4.98 Å². The quantitative estimate of drug-likeness (QED) is 0.879. The van der Waals surface area contributed by atoms with Crippen LogP contribution in [0.1, 0.15) is 43.7 Å². The number of thiazole rings is 1. The molecule has 0 fully saturated rings. The maximum Gasteiger partial charge on any atom is 0.243 e. The molecule has 0 spiro atoms. The minimum absolute atomic E-state index is 0.115. The van der Waals surface area contributed by atoms with Gasteiger partial charge in [-0.2, -0.15) is 0 Å². The highest BCUT2D eigenvalue weighted by Crippen LogP contribution is 2.29. The molecule has 1 heterocycles. The Morgan fingerprint density at radius 2 is 2.22 bits per heavy atom. The number of anilines is 1. The maximum absolute atomic E-state index is 12.0. The average molecular weight is 267 g/mol. The molecule has 0 radical (unpaired) electrons. The highest BCUT2D eigenvalue weighted by molar-refractivity contribution is 7.15. The molecule has 2 rings (SSSR count). The molecule has 4 nitrogen and oxygen atoms in total. The molecule has 18 heavy (non-hydrogen) atoms. The van der Waals surface area contributed by atoms with Crippen LogP contribution in [0, 0.1) is 5.92 Å². The van der Waals surface area contributed by atoms with Crippen LogP contribution in [0.2, 0.25) is 0 Å². The maximum atomic E-state index is 12.0. The predicted molar refractivity (Wildman–Crippen MR) is 74.8 cm³/mol. The van der Waals surface area contributed by atoms with Gasteiger partial charge in [0.1, 0.15) is 0 Å². The van der Waals surface area contributed by atoms with Gasteiger partial charge in [-0.15, -0.1) is 11.3 Å². The van der Waals surface area contributed by atoms with Gasteiger partial charge in [0.2, 0.25) is 5.91 Å². The zero-order valence-electron chi connectivity index (χ0n) is 11.0. The first-order chi connectivity index (χ1) is 8.61. The molecule has 1 amide bonds. The number of carbonyl (C=O) groups is 1. The fraction of sp³-hybridized carbons (Fsp3) is 0.692. The van der Waals surface area contributed by atoms with E-state index in [0.717, 1.165) is 19.3 Å². The Morgan fingerprint density at radius 1 is 1.50 bits per heavy atom. The Bertz CT molecular complexity index is 406. The van der Waals surface area contributed by atoms with Crippen molar-refractivity contribution in [2.45, 2.75) is 52.0 Å². The molecule has 1 aliphatic carbocycles. The van der Waals surface area contributed by atoms with Crippen LogP contribution >= 0.6 is 11.3 Å². The van der Waals surface area contributed by atoms with E-state index in [2.05, 4.69) is 10.3 Å². The van der Waals surface area contributed by atoms with Crippen LogP contribution in [0.4, 0.5) is 5.13 Å². The summed E-state index contributed by atoms with van der Waals surface area (Å²) < 4.78 is 0. The summed E-state index contributed by atoms with van der Waals surface area (Å²) >= 11 is 1.60. The third kappa shape index (κ3) is 2.90. The fourth-order valence-corrected chi connectivity index (χ4v) is 3.16. The number of fused-ring (bicyclic) bond motifs is 1. The van der Waals surface area contributed by atoms with Crippen molar-refractivity contribution in [3.8, 4) is 0 Å². The van der Waals surface area contributed by atoms with Crippen LogP contribution in [0.5, 0.6) is 0 Å². The number of nitrogens with two attached hydrogens (primary N) is 1. The summed E-state index contributed by atoms with van der Waals surface area (Å²) in [5, 5.41) is 3.57. The molecule has 1 unspecified atom stereocenters. The Kier molecular flexibility index (Phi) is 4.35. The number of nitrogens with zero attached hydrogens (tertiary/aromatic N) is 1. The Morgan fingerprint density at radius 3 is 2.89 bits per heavy atom. The first-order valence-corrected chi connectivity index (χ1v) is 7.48. The summed E-state index contributed by atoms with van der Waals surface area (Å²) in [4.78, 5) is 17.8. The van der Waals surface area contributed by atoms with E-state index in [-0.39, 0.29) is 11.8 Å². The van der Waals surface area contributed by atoms with Crippen molar-refractivity contribution >= 4 is 22.4 Å². The lowest BCUT2D eigenvalue weighted by atomic mass is 10.00. The second-order valence-electron chi connectivity index (χ2n) is 5.00. The SMILES string of the molecule is CCC(C)[C@H](N)C(=O)Nc1nc2c(s1)CCCC2. The van der Waals surface area contributed by atoms with Gasteiger partial charge in [0, 0.05) is 4.88 Å². The van der Waals surface area contributed by atoms with Crippen LogP contribution in [0.25, 0.3) is 0 Å². The van der Waals surface area contributed by atoms with E-state index in [4.69, 9.17) is 5.73 Å². The molecule has 0 aliphatic heterocycles. The van der Waals surface area contributed by atoms with Gasteiger partial charge in [0.25, 0.3) is 0 Å². The second kappa shape index (κ2) is 5.80. The van der Waals surface area contributed by atoms with Crippen LogP contribution in [0.3, 0.4) is 0 Å². The number of hydrogen-bond donors (Lipinski definition) is 2. The number of amides is 1.